The van der Waals surface area contributed by atoms with Gasteiger partial charge in [0.25, 0.3) is 0 Å². The Hall–Kier alpha value is -0.750. The Morgan fingerprint density at radius 2 is 1.94 bits per heavy atom. The Morgan fingerprint density at radius 3 is 2.39 bits per heavy atom. The Morgan fingerprint density at radius 1 is 1.33 bits per heavy atom. The number of carbonyl (C=O) groups is 2. The van der Waals surface area contributed by atoms with Crippen LogP contribution in [0.2, 0.25) is 0 Å². The van der Waals surface area contributed by atoms with Gasteiger partial charge in [0.1, 0.15) is 6.04 Å². The number of rotatable bonds is 9. The van der Waals surface area contributed by atoms with Gasteiger partial charge in [-0.25, -0.2) is 4.79 Å². The van der Waals surface area contributed by atoms with E-state index in [2.05, 4.69) is 28.8 Å². The SMILES string of the molecule is CCN(CC)CCSCC(NC(C)=O)C(=O)OC. The van der Waals surface area contributed by atoms with Crippen LogP contribution in [-0.2, 0) is 14.3 Å². The van der Waals surface area contributed by atoms with Gasteiger partial charge in [0.05, 0.1) is 7.11 Å². The van der Waals surface area contributed by atoms with Crippen molar-refractivity contribution in [2.24, 2.45) is 0 Å². The maximum atomic E-state index is 11.4. The van der Waals surface area contributed by atoms with E-state index < -0.39 is 6.04 Å². The van der Waals surface area contributed by atoms with Crippen LogP contribution in [0.4, 0.5) is 0 Å². The molecule has 1 amide bonds. The maximum absolute atomic E-state index is 11.4. The van der Waals surface area contributed by atoms with Crippen molar-refractivity contribution in [3.63, 3.8) is 0 Å². The summed E-state index contributed by atoms with van der Waals surface area (Å²) in [5, 5.41) is 2.60. The first-order chi connectivity index (χ1) is 8.54. The summed E-state index contributed by atoms with van der Waals surface area (Å²) in [5.74, 6) is 0.887. The molecule has 18 heavy (non-hydrogen) atoms. The van der Waals surface area contributed by atoms with Gasteiger partial charge in [-0.15, -0.1) is 0 Å². The summed E-state index contributed by atoms with van der Waals surface area (Å²) in [5.41, 5.74) is 0. The fourth-order valence-corrected chi connectivity index (χ4v) is 2.50. The van der Waals surface area contributed by atoms with E-state index in [0.717, 1.165) is 25.4 Å². The van der Waals surface area contributed by atoms with Crippen molar-refractivity contribution in [1.82, 2.24) is 10.2 Å². The minimum atomic E-state index is -0.547. The molecule has 0 heterocycles. The Bertz CT molecular complexity index is 258. The largest absolute Gasteiger partial charge is 0.467 e. The number of ether oxygens (including phenoxy) is 1. The molecular weight excluding hydrogens is 252 g/mol. The van der Waals surface area contributed by atoms with Crippen LogP contribution in [0.15, 0.2) is 0 Å². The van der Waals surface area contributed by atoms with Crippen LogP contribution < -0.4 is 5.32 Å². The van der Waals surface area contributed by atoms with Crippen molar-refractivity contribution < 1.29 is 14.3 Å². The lowest BCUT2D eigenvalue weighted by Crippen LogP contribution is -2.42. The van der Waals surface area contributed by atoms with Gasteiger partial charge in [-0.3, -0.25) is 4.79 Å². The van der Waals surface area contributed by atoms with Crippen molar-refractivity contribution in [2.75, 3.05) is 38.2 Å². The van der Waals surface area contributed by atoms with Crippen LogP contribution >= 0.6 is 11.8 Å². The maximum Gasteiger partial charge on any atom is 0.329 e. The fourth-order valence-electron chi connectivity index (χ4n) is 1.49. The second-order valence-electron chi connectivity index (χ2n) is 3.88. The Kier molecular flexibility index (Phi) is 9.77. The summed E-state index contributed by atoms with van der Waals surface area (Å²) in [6.07, 6.45) is 0. The Labute approximate surface area is 114 Å². The van der Waals surface area contributed by atoms with Crippen molar-refractivity contribution in [2.45, 2.75) is 26.8 Å². The highest BCUT2D eigenvalue weighted by Crippen LogP contribution is 2.05. The smallest absolute Gasteiger partial charge is 0.329 e. The predicted molar refractivity (Wildman–Crippen MR) is 74.7 cm³/mol. The first-order valence-electron chi connectivity index (χ1n) is 6.20. The number of amides is 1. The molecule has 0 aliphatic rings. The van der Waals surface area contributed by atoms with Gasteiger partial charge in [0, 0.05) is 25.0 Å². The molecule has 0 radical (unpaired) electrons. The summed E-state index contributed by atoms with van der Waals surface area (Å²) in [7, 11) is 1.33. The topological polar surface area (TPSA) is 58.6 Å². The molecule has 0 aliphatic heterocycles. The fraction of sp³-hybridized carbons (Fsp3) is 0.833. The van der Waals surface area contributed by atoms with E-state index in [1.54, 1.807) is 11.8 Å². The molecule has 6 heteroatoms. The average molecular weight is 276 g/mol. The van der Waals surface area contributed by atoms with Crippen LogP contribution in [0.25, 0.3) is 0 Å². The molecule has 1 atom stereocenters. The van der Waals surface area contributed by atoms with E-state index in [-0.39, 0.29) is 11.9 Å². The number of esters is 1. The molecule has 5 nitrogen and oxygen atoms in total. The number of nitrogens with zero attached hydrogens (tertiary/aromatic N) is 1. The van der Waals surface area contributed by atoms with Crippen molar-refractivity contribution in [3.8, 4) is 0 Å². The number of nitrogens with one attached hydrogen (secondary N) is 1. The van der Waals surface area contributed by atoms with Crippen molar-refractivity contribution >= 4 is 23.6 Å². The van der Waals surface area contributed by atoms with E-state index in [1.165, 1.54) is 14.0 Å². The van der Waals surface area contributed by atoms with Crippen LogP contribution in [-0.4, -0.2) is 61.1 Å². The molecule has 0 saturated carbocycles. The highest BCUT2D eigenvalue weighted by molar-refractivity contribution is 7.99. The lowest BCUT2D eigenvalue weighted by atomic mass is 10.3. The standard InChI is InChI=1S/C12H24N2O3S/c1-5-14(6-2)7-8-18-9-11(12(16)17-4)13-10(3)15/h11H,5-9H2,1-4H3,(H,13,15). The lowest BCUT2D eigenvalue weighted by molar-refractivity contribution is -0.144. The predicted octanol–water partition coefficient (Wildman–Crippen LogP) is 0.739. The van der Waals surface area contributed by atoms with Gasteiger partial charge in [0.15, 0.2) is 0 Å². The van der Waals surface area contributed by atoms with Crippen LogP contribution in [0.1, 0.15) is 20.8 Å². The van der Waals surface area contributed by atoms with Gasteiger partial charge in [-0.2, -0.15) is 11.8 Å². The second-order valence-corrected chi connectivity index (χ2v) is 5.03. The van der Waals surface area contributed by atoms with Crippen LogP contribution in [0, 0.1) is 0 Å². The van der Waals surface area contributed by atoms with Gasteiger partial charge in [-0.05, 0) is 13.1 Å². The minimum Gasteiger partial charge on any atom is -0.467 e. The molecule has 0 aromatic carbocycles. The second kappa shape index (κ2) is 10.2. The summed E-state index contributed by atoms with van der Waals surface area (Å²) in [4.78, 5) is 24.7. The highest BCUT2D eigenvalue weighted by Gasteiger charge is 2.19. The summed E-state index contributed by atoms with van der Waals surface area (Å²) in [6, 6.07) is -0.547. The highest BCUT2D eigenvalue weighted by atomic mass is 32.2. The molecule has 0 bridgehead atoms. The lowest BCUT2D eigenvalue weighted by Gasteiger charge is -2.19. The first kappa shape index (κ1) is 17.2. The molecule has 0 aromatic rings. The zero-order valence-electron chi connectivity index (χ0n) is 11.7. The third-order valence-corrected chi connectivity index (χ3v) is 3.63. The number of hydrogen-bond acceptors (Lipinski definition) is 5. The normalized spacial score (nSPS) is 12.3. The Balaban J connectivity index is 3.96. The molecule has 1 N–H and O–H groups in total. The molecule has 0 fully saturated rings. The summed E-state index contributed by atoms with van der Waals surface area (Å²) in [6.45, 7) is 8.71. The molecule has 106 valence electrons. The molecule has 0 aliphatic carbocycles. The van der Waals surface area contributed by atoms with Crippen LogP contribution in [0.5, 0.6) is 0 Å². The summed E-state index contributed by atoms with van der Waals surface area (Å²) >= 11 is 1.65. The van der Waals surface area contributed by atoms with E-state index >= 15 is 0 Å². The van der Waals surface area contributed by atoms with E-state index in [4.69, 9.17) is 0 Å². The van der Waals surface area contributed by atoms with Gasteiger partial charge < -0.3 is 15.0 Å². The van der Waals surface area contributed by atoms with E-state index in [9.17, 15) is 9.59 Å². The third-order valence-electron chi connectivity index (χ3n) is 2.59. The third kappa shape index (κ3) is 7.55. The van der Waals surface area contributed by atoms with E-state index in [1.807, 2.05) is 0 Å². The van der Waals surface area contributed by atoms with Crippen LogP contribution in [0.3, 0.4) is 0 Å². The van der Waals surface area contributed by atoms with E-state index in [0.29, 0.717) is 5.75 Å². The van der Waals surface area contributed by atoms with Crippen molar-refractivity contribution in [1.29, 1.82) is 0 Å². The zero-order valence-corrected chi connectivity index (χ0v) is 12.5. The average Bonchev–Trinajstić information content (AvgIpc) is 2.36. The monoisotopic (exact) mass is 276 g/mol. The molecule has 1 unspecified atom stereocenters. The first-order valence-corrected chi connectivity index (χ1v) is 7.35. The molecule has 0 spiro atoms. The van der Waals surface area contributed by atoms with Crippen molar-refractivity contribution in [3.05, 3.63) is 0 Å². The number of methoxy groups -OCH3 is 1. The molecule has 0 aromatic heterocycles. The molecule has 0 rings (SSSR count). The number of thioether (sulfide) groups is 1. The quantitative estimate of drug-likeness (QED) is 0.497. The zero-order chi connectivity index (χ0) is 14.0. The number of carbonyl (C=O) groups excluding carboxylic acids is 2. The molecule has 0 saturated heterocycles. The summed E-state index contributed by atoms with van der Waals surface area (Å²) < 4.78 is 4.66. The minimum absolute atomic E-state index is 0.213. The van der Waals surface area contributed by atoms with Gasteiger partial charge in [0.2, 0.25) is 5.91 Å². The van der Waals surface area contributed by atoms with Gasteiger partial charge >= 0.3 is 5.97 Å². The molecular formula is C12H24N2O3S. The van der Waals surface area contributed by atoms with Gasteiger partial charge in [-0.1, -0.05) is 13.8 Å². The number of hydrogen-bond donors (Lipinski definition) is 1.